The van der Waals surface area contributed by atoms with Crippen molar-refractivity contribution in [1.82, 2.24) is 4.72 Å². The van der Waals surface area contributed by atoms with Crippen LogP contribution in [0.3, 0.4) is 0 Å². The highest BCUT2D eigenvalue weighted by Crippen LogP contribution is 2.21. The van der Waals surface area contributed by atoms with Gasteiger partial charge in [-0.25, -0.2) is 17.5 Å². The molecule has 0 saturated heterocycles. The van der Waals surface area contributed by atoms with E-state index in [1.807, 2.05) is 12.1 Å². The van der Waals surface area contributed by atoms with E-state index in [9.17, 15) is 12.8 Å². The van der Waals surface area contributed by atoms with E-state index in [1.54, 1.807) is 19.1 Å². The van der Waals surface area contributed by atoms with Gasteiger partial charge in [0.05, 0.1) is 4.90 Å². The second-order valence-corrected chi connectivity index (χ2v) is 7.24. The third-order valence-corrected chi connectivity index (χ3v) is 4.95. The molecule has 4 nitrogen and oxygen atoms in total. The SMILES string of the molecule is C[C@H](NS(=O)(=O)c1cc(N)cc(F)c1)c1ccc(Br)cc1. The first-order valence-corrected chi connectivity index (χ1v) is 8.39. The van der Waals surface area contributed by atoms with Crippen molar-refractivity contribution in [3.8, 4) is 0 Å². The van der Waals surface area contributed by atoms with Gasteiger partial charge >= 0.3 is 0 Å². The first-order chi connectivity index (χ1) is 9.78. The first kappa shape index (κ1) is 15.9. The van der Waals surface area contributed by atoms with Crippen molar-refractivity contribution < 1.29 is 12.8 Å². The Bertz CT molecular complexity index is 728. The van der Waals surface area contributed by atoms with Crippen molar-refractivity contribution in [3.05, 3.63) is 58.3 Å². The quantitative estimate of drug-likeness (QED) is 0.809. The Balaban J connectivity index is 2.26. The maximum Gasteiger partial charge on any atom is 0.241 e. The summed E-state index contributed by atoms with van der Waals surface area (Å²) >= 11 is 3.31. The van der Waals surface area contributed by atoms with Gasteiger partial charge < -0.3 is 5.73 Å². The van der Waals surface area contributed by atoms with E-state index in [0.717, 1.165) is 22.2 Å². The molecule has 0 amide bonds. The second kappa shape index (κ2) is 6.13. The standard InChI is InChI=1S/C14H14BrFN2O2S/c1-9(10-2-4-11(15)5-3-10)18-21(19,20)14-7-12(16)6-13(17)8-14/h2-9,18H,17H2,1H3/t9-/m0/s1. The summed E-state index contributed by atoms with van der Waals surface area (Å²) in [5.41, 5.74) is 6.34. The Hall–Kier alpha value is -1.44. The topological polar surface area (TPSA) is 72.2 Å². The molecule has 0 aromatic heterocycles. The summed E-state index contributed by atoms with van der Waals surface area (Å²) in [6, 6.07) is 10.0. The summed E-state index contributed by atoms with van der Waals surface area (Å²) in [4.78, 5) is -0.191. The van der Waals surface area contributed by atoms with Gasteiger partial charge in [0, 0.05) is 16.2 Å². The Kier molecular flexibility index (Phi) is 4.65. The highest BCUT2D eigenvalue weighted by Gasteiger charge is 2.19. The molecule has 0 aliphatic rings. The van der Waals surface area contributed by atoms with Gasteiger partial charge in [0.1, 0.15) is 5.82 Å². The minimum absolute atomic E-state index is 0.0617. The van der Waals surface area contributed by atoms with Crippen LogP contribution in [0, 0.1) is 5.82 Å². The lowest BCUT2D eigenvalue weighted by molar-refractivity contribution is 0.564. The zero-order chi connectivity index (χ0) is 15.6. The fourth-order valence-corrected chi connectivity index (χ4v) is 3.42. The number of nitrogen functional groups attached to an aromatic ring is 1. The summed E-state index contributed by atoms with van der Waals surface area (Å²) in [5.74, 6) is -0.688. The molecule has 0 spiro atoms. The molecule has 0 bridgehead atoms. The van der Waals surface area contributed by atoms with E-state index in [4.69, 9.17) is 5.73 Å². The molecule has 0 aliphatic carbocycles. The lowest BCUT2D eigenvalue weighted by atomic mass is 10.1. The molecule has 1 atom stereocenters. The second-order valence-electron chi connectivity index (χ2n) is 4.61. The third kappa shape index (κ3) is 4.03. The monoisotopic (exact) mass is 372 g/mol. The third-order valence-electron chi connectivity index (χ3n) is 2.91. The van der Waals surface area contributed by atoms with Crippen LogP contribution >= 0.6 is 15.9 Å². The number of hydrogen-bond acceptors (Lipinski definition) is 3. The van der Waals surface area contributed by atoms with Crippen molar-refractivity contribution in [3.63, 3.8) is 0 Å². The Morgan fingerprint density at radius 1 is 1.19 bits per heavy atom. The normalized spacial score (nSPS) is 13.1. The number of nitrogens with one attached hydrogen (secondary N) is 1. The van der Waals surface area contributed by atoms with Crippen LogP contribution in [0.2, 0.25) is 0 Å². The number of nitrogens with two attached hydrogens (primary N) is 1. The predicted molar refractivity (Wildman–Crippen MR) is 83.7 cm³/mol. The Morgan fingerprint density at radius 3 is 2.38 bits per heavy atom. The molecule has 7 heteroatoms. The molecule has 21 heavy (non-hydrogen) atoms. The van der Waals surface area contributed by atoms with E-state index in [0.29, 0.717) is 0 Å². The van der Waals surface area contributed by atoms with Gasteiger partial charge in [-0.05, 0) is 42.8 Å². The highest BCUT2D eigenvalue weighted by atomic mass is 79.9. The zero-order valence-corrected chi connectivity index (χ0v) is 13.6. The van der Waals surface area contributed by atoms with Gasteiger partial charge in [-0.2, -0.15) is 0 Å². The van der Waals surface area contributed by atoms with Crippen LogP contribution in [0.5, 0.6) is 0 Å². The molecule has 2 aromatic carbocycles. The van der Waals surface area contributed by atoms with Gasteiger partial charge in [0.2, 0.25) is 10.0 Å². The lowest BCUT2D eigenvalue weighted by Crippen LogP contribution is -2.27. The summed E-state index contributed by atoms with van der Waals surface area (Å²) in [6.45, 7) is 1.71. The number of anilines is 1. The Labute approximate surface area is 131 Å². The average Bonchev–Trinajstić information content (AvgIpc) is 2.37. The van der Waals surface area contributed by atoms with Crippen LogP contribution in [0.15, 0.2) is 51.8 Å². The van der Waals surface area contributed by atoms with Gasteiger partial charge in [-0.3, -0.25) is 0 Å². The molecule has 0 unspecified atom stereocenters. The van der Waals surface area contributed by atoms with Crippen LogP contribution < -0.4 is 10.5 Å². The minimum atomic E-state index is -3.84. The van der Waals surface area contributed by atoms with Crippen molar-refractivity contribution >= 4 is 31.6 Å². The van der Waals surface area contributed by atoms with Gasteiger partial charge in [-0.15, -0.1) is 0 Å². The van der Waals surface area contributed by atoms with E-state index in [-0.39, 0.29) is 10.6 Å². The van der Waals surface area contributed by atoms with Crippen molar-refractivity contribution in [2.45, 2.75) is 17.9 Å². The number of halogens is 2. The zero-order valence-electron chi connectivity index (χ0n) is 11.2. The first-order valence-electron chi connectivity index (χ1n) is 6.12. The van der Waals surface area contributed by atoms with E-state index in [1.165, 1.54) is 6.07 Å². The molecule has 0 fully saturated rings. The van der Waals surface area contributed by atoms with Crippen LogP contribution in [0.1, 0.15) is 18.5 Å². The van der Waals surface area contributed by atoms with Crippen LogP contribution in [0.25, 0.3) is 0 Å². The number of benzene rings is 2. The summed E-state index contributed by atoms with van der Waals surface area (Å²) < 4.78 is 41.2. The number of sulfonamides is 1. The van der Waals surface area contributed by atoms with Crippen molar-refractivity contribution in [2.24, 2.45) is 0 Å². The molecule has 3 N–H and O–H groups in total. The molecule has 112 valence electrons. The van der Waals surface area contributed by atoms with Crippen molar-refractivity contribution in [1.29, 1.82) is 0 Å². The predicted octanol–water partition coefficient (Wildman–Crippen LogP) is 3.21. The van der Waals surface area contributed by atoms with Gasteiger partial charge in [0.15, 0.2) is 0 Å². The molecular formula is C14H14BrFN2O2S. The van der Waals surface area contributed by atoms with E-state index >= 15 is 0 Å². The largest absolute Gasteiger partial charge is 0.399 e. The summed E-state index contributed by atoms with van der Waals surface area (Å²) in [7, 11) is -3.84. The molecule has 2 rings (SSSR count). The van der Waals surface area contributed by atoms with E-state index in [2.05, 4.69) is 20.7 Å². The van der Waals surface area contributed by atoms with Crippen LogP contribution in [0.4, 0.5) is 10.1 Å². The maximum atomic E-state index is 13.3. The molecule has 0 heterocycles. The maximum absolute atomic E-state index is 13.3. The van der Waals surface area contributed by atoms with Gasteiger partial charge in [0.25, 0.3) is 0 Å². The Morgan fingerprint density at radius 2 is 1.81 bits per heavy atom. The fraction of sp³-hybridized carbons (Fsp3) is 0.143. The molecule has 0 saturated carbocycles. The fourth-order valence-electron chi connectivity index (χ4n) is 1.86. The lowest BCUT2D eigenvalue weighted by Gasteiger charge is -2.15. The van der Waals surface area contributed by atoms with Gasteiger partial charge in [-0.1, -0.05) is 28.1 Å². The highest BCUT2D eigenvalue weighted by molar-refractivity contribution is 9.10. The smallest absolute Gasteiger partial charge is 0.241 e. The van der Waals surface area contributed by atoms with E-state index < -0.39 is 21.9 Å². The van der Waals surface area contributed by atoms with Crippen LogP contribution in [-0.4, -0.2) is 8.42 Å². The summed E-state index contributed by atoms with van der Waals surface area (Å²) in [6.07, 6.45) is 0. The van der Waals surface area contributed by atoms with Crippen LogP contribution in [-0.2, 0) is 10.0 Å². The minimum Gasteiger partial charge on any atom is -0.399 e. The average molecular weight is 373 g/mol. The molecule has 2 aromatic rings. The molecule has 0 radical (unpaired) electrons. The molecule has 0 aliphatic heterocycles. The number of rotatable bonds is 4. The number of hydrogen-bond donors (Lipinski definition) is 2. The summed E-state index contributed by atoms with van der Waals surface area (Å²) in [5, 5.41) is 0. The molecular weight excluding hydrogens is 359 g/mol. The van der Waals surface area contributed by atoms with Crippen molar-refractivity contribution in [2.75, 3.05) is 5.73 Å².